The lowest BCUT2D eigenvalue weighted by Crippen LogP contribution is -2.34. The predicted octanol–water partition coefficient (Wildman–Crippen LogP) is 1.51. The number of hydrogen-bond acceptors (Lipinski definition) is 5. The van der Waals surface area contributed by atoms with Crippen molar-refractivity contribution in [1.29, 1.82) is 0 Å². The van der Waals surface area contributed by atoms with Gasteiger partial charge in [-0.25, -0.2) is 4.79 Å². The van der Waals surface area contributed by atoms with Crippen LogP contribution in [0.2, 0.25) is 0 Å². The lowest BCUT2D eigenvalue weighted by atomic mass is 10.1. The molecule has 1 fully saturated rings. The molecule has 0 saturated carbocycles. The van der Waals surface area contributed by atoms with Crippen molar-refractivity contribution < 1.29 is 18.7 Å². The van der Waals surface area contributed by atoms with Gasteiger partial charge in [-0.1, -0.05) is 0 Å². The number of ether oxygens (including phenoxy) is 2. The van der Waals surface area contributed by atoms with E-state index in [9.17, 15) is 4.79 Å². The normalized spacial score (nSPS) is 16.8. The molecule has 1 saturated heterocycles. The Balaban J connectivity index is 2.03. The molecule has 1 aliphatic rings. The fraction of sp³-hybridized carbons (Fsp3) is 0.583. The van der Waals surface area contributed by atoms with Crippen LogP contribution in [-0.2, 0) is 4.74 Å². The Kier molecular flexibility index (Phi) is 3.68. The Labute approximate surface area is 100 Å². The van der Waals surface area contributed by atoms with Crippen molar-refractivity contribution in [3.63, 3.8) is 0 Å². The number of carbonyl (C=O) groups excluding carboxylic acids is 1. The van der Waals surface area contributed by atoms with Gasteiger partial charge in [0, 0.05) is 6.07 Å². The average molecular weight is 239 g/mol. The molecule has 2 heterocycles. The van der Waals surface area contributed by atoms with Gasteiger partial charge in [0.2, 0.25) is 0 Å². The molecule has 5 nitrogen and oxygen atoms in total. The van der Waals surface area contributed by atoms with Crippen molar-refractivity contribution >= 4 is 5.97 Å². The van der Waals surface area contributed by atoms with E-state index in [-0.39, 0.29) is 6.10 Å². The van der Waals surface area contributed by atoms with Crippen molar-refractivity contribution in [2.75, 3.05) is 20.2 Å². The number of hydrogen-bond donors (Lipinski definition) is 1. The second-order valence-corrected chi connectivity index (χ2v) is 4.09. The molecule has 5 heteroatoms. The average Bonchev–Trinajstić information content (AvgIpc) is 2.70. The van der Waals surface area contributed by atoms with Crippen LogP contribution in [0.15, 0.2) is 10.5 Å². The highest BCUT2D eigenvalue weighted by Crippen LogP contribution is 2.24. The second kappa shape index (κ2) is 5.23. The van der Waals surface area contributed by atoms with Gasteiger partial charge >= 0.3 is 5.97 Å². The van der Waals surface area contributed by atoms with Crippen LogP contribution in [0.25, 0.3) is 0 Å². The number of aryl methyl sites for hydroxylation is 1. The highest BCUT2D eigenvalue weighted by atomic mass is 16.6. The molecule has 0 atom stereocenters. The van der Waals surface area contributed by atoms with Gasteiger partial charge in [-0.2, -0.15) is 0 Å². The number of piperidine rings is 1. The third-order valence-corrected chi connectivity index (χ3v) is 2.87. The molecule has 1 N–H and O–H groups in total. The predicted molar refractivity (Wildman–Crippen MR) is 61.3 cm³/mol. The van der Waals surface area contributed by atoms with E-state index in [1.165, 1.54) is 7.11 Å². The summed E-state index contributed by atoms with van der Waals surface area (Å²) in [4.78, 5) is 11.4. The highest BCUT2D eigenvalue weighted by molar-refractivity contribution is 5.90. The zero-order valence-electron chi connectivity index (χ0n) is 10.1. The topological polar surface area (TPSA) is 60.7 Å². The largest absolute Gasteiger partial charge is 0.465 e. The first-order chi connectivity index (χ1) is 8.20. The maximum absolute atomic E-state index is 11.4. The van der Waals surface area contributed by atoms with E-state index >= 15 is 0 Å². The molecule has 0 spiro atoms. The maximum atomic E-state index is 11.4. The minimum absolute atomic E-state index is 0.160. The van der Waals surface area contributed by atoms with Crippen molar-refractivity contribution in [3.05, 3.63) is 17.4 Å². The number of furan rings is 1. The van der Waals surface area contributed by atoms with Crippen molar-refractivity contribution in [3.8, 4) is 5.95 Å². The van der Waals surface area contributed by atoms with E-state index in [1.54, 1.807) is 13.0 Å². The van der Waals surface area contributed by atoms with Gasteiger partial charge in [0.25, 0.3) is 5.95 Å². The van der Waals surface area contributed by atoms with Crippen LogP contribution < -0.4 is 10.1 Å². The second-order valence-electron chi connectivity index (χ2n) is 4.09. The van der Waals surface area contributed by atoms with Gasteiger partial charge in [-0.15, -0.1) is 0 Å². The molecule has 0 amide bonds. The van der Waals surface area contributed by atoms with E-state index in [0.29, 0.717) is 17.3 Å². The zero-order chi connectivity index (χ0) is 12.3. The van der Waals surface area contributed by atoms with Crippen molar-refractivity contribution in [1.82, 2.24) is 5.32 Å². The minimum Gasteiger partial charge on any atom is -0.465 e. The van der Waals surface area contributed by atoms with Gasteiger partial charge in [0.05, 0.1) is 7.11 Å². The SMILES string of the molecule is COC(=O)c1cc(OC2CCNCC2)oc1C. The van der Waals surface area contributed by atoms with Crippen LogP contribution in [0, 0.1) is 6.92 Å². The fourth-order valence-corrected chi connectivity index (χ4v) is 1.90. The first kappa shape index (κ1) is 12.0. The van der Waals surface area contributed by atoms with Crippen LogP contribution in [0.5, 0.6) is 5.95 Å². The van der Waals surface area contributed by atoms with E-state index < -0.39 is 5.97 Å². The van der Waals surface area contributed by atoms with Crippen LogP contribution in [0.1, 0.15) is 29.0 Å². The molecule has 1 aromatic heterocycles. The molecule has 94 valence electrons. The molecule has 17 heavy (non-hydrogen) atoms. The smallest absolute Gasteiger partial charge is 0.341 e. The van der Waals surface area contributed by atoms with E-state index in [4.69, 9.17) is 9.15 Å². The Bertz CT molecular complexity index is 393. The number of nitrogens with one attached hydrogen (secondary N) is 1. The minimum atomic E-state index is -0.397. The Morgan fingerprint density at radius 3 is 2.82 bits per heavy atom. The summed E-state index contributed by atoms with van der Waals surface area (Å²) < 4.78 is 15.7. The van der Waals surface area contributed by atoms with Crippen LogP contribution >= 0.6 is 0 Å². The monoisotopic (exact) mass is 239 g/mol. The van der Waals surface area contributed by atoms with Gasteiger partial charge in [-0.3, -0.25) is 0 Å². The fourth-order valence-electron chi connectivity index (χ4n) is 1.90. The van der Waals surface area contributed by atoms with Crippen LogP contribution in [-0.4, -0.2) is 32.3 Å². The molecule has 1 aromatic rings. The molecular formula is C12H17NO4. The van der Waals surface area contributed by atoms with Crippen LogP contribution in [0.3, 0.4) is 0 Å². The standard InChI is InChI=1S/C12H17NO4/c1-8-10(12(14)15-2)7-11(16-8)17-9-3-5-13-6-4-9/h7,9,13H,3-6H2,1-2H3. The molecule has 0 bridgehead atoms. The number of methoxy groups -OCH3 is 1. The number of esters is 1. The van der Waals surface area contributed by atoms with Crippen molar-refractivity contribution in [2.45, 2.75) is 25.9 Å². The third-order valence-electron chi connectivity index (χ3n) is 2.87. The first-order valence-electron chi connectivity index (χ1n) is 5.77. The molecular weight excluding hydrogens is 222 g/mol. The summed E-state index contributed by atoms with van der Waals surface area (Å²) in [5.74, 6) is 0.530. The summed E-state index contributed by atoms with van der Waals surface area (Å²) in [5.41, 5.74) is 0.427. The van der Waals surface area contributed by atoms with Gasteiger partial charge in [0.1, 0.15) is 17.4 Å². The summed E-state index contributed by atoms with van der Waals surface area (Å²) in [5, 5.41) is 3.26. The Morgan fingerprint density at radius 2 is 2.18 bits per heavy atom. The van der Waals surface area contributed by atoms with Gasteiger partial charge in [0.15, 0.2) is 0 Å². The lowest BCUT2D eigenvalue weighted by molar-refractivity contribution is 0.0599. The third kappa shape index (κ3) is 2.79. The lowest BCUT2D eigenvalue weighted by Gasteiger charge is -2.22. The molecule has 1 aliphatic heterocycles. The zero-order valence-corrected chi connectivity index (χ0v) is 10.1. The summed E-state index contributed by atoms with van der Waals surface area (Å²) in [6, 6.07) is 1.60. The summed E-state index contributed by atoms with van der Waals surface area (Å²) >= 11 is 0. The van der Waals surface area contributed by atoms with Gasteiger partial charge < -0.3 is 19.2 Å². The Hall–Kier alpha value is -1.49. The summed E-state index contributed by atoms with van der Waals surface area (Å²) in [6.45, 7) is 3.63. The maximum Gasteiger partial charge on any atom is 0.341 e. The molecule has 0 unspecified atom stereocenters. The summed E-state index contributed by atoms with van der Waals surface area (Å²) in [6.07, 6.45) is 2.06. The van der Waals surface area contributed by atoms with E-state index in [2.05, 4.69) is 10.1 Å². The first-order valence-corrected chi connectivity index (χ1v) is 5.77. The van der Waals surface area contributed by atoms with Crippen molar-refractivity contribution in [2.24, 2.45) is 0 Å². The molecule has 0 aliphatic carbocycles. The van der Waals surface area contributed by atoms with Gasteiger partial charge in [-0.05, 0) is 32.9 Å². The number of rotatable bonds is 3. The molecule has 0 radical (unpaired) electrons. The number of carbonyl (C=O) groups is 1. The van der Waals surface area contributed by atoms with E-state index in [0.717, 1.165) is 25.9 Å². The van der Waals surface area contributed by atoms with Crippen LogP contribution in [0.4, 0.5) is 0 Å². The highest BCUT2D eigenvalue weighted by Gasteiger charge is 2.20. The molecule has 2 rings (SSSR count). The summed E-state index contributed by atoms with van der Waals surface area (Å²) in [7, 11) is 1.35. The Morgan fingerprint density at radius 1 is 1.47 bits per heavy atom. The molecule has 0 aromatic carbocycles. The quantitative estimate of drug-likeness (QED) is 0.810. The van der Waals surface area contributed by atoms with E-state index in [1.807, 2.05) is 0 Å².